The van der Waals surface area contributed by atoms with Gasteiger partial charge in [0.1, 0.15) is 0 Å². The molecule has 0 radical (unpaired) electrons. The molecular weight excluding hydrogens is 124 g/mol. The first-order valence-corrected chi connectivity index (χ1v) is 4.27. The van der Waals surface area contributed by atoms with Gasteiger partial charge in [-0.2, -0.15) is 10.6 Å². The summed E-state index contributed by atoms with van der Waals surface area (Å²) >= 11 is 0. The number of rotatable bonds is 1. The van der Waals surface area contributed by atoms with E-state index in [9.17, 15) is 4.55 Å². The van der Waals surface area contributed by atoms with Crippen LogP contribution >= 0.6 is 10.6 Å². The first-order chi connectivity index (χ1) is 3.77. The van der Waals surface area contributed by atoms with Crippen molar-refractivity contribution in [3.8, 4) is 0 Å². The summed E-state index contributed by atoms with van der Waals surface area (Å²) in [5, 5.41) is 1.77. The highest BCUT2D eigenvalue weighted by atomic mass is 32.3. The van der Waals surface area contributed by atoms with Crippen molar-refractivity contribution in [2.75, 3.05) is 12.9 Å². The van der Waals surface area contributed by atoms with Gasteiger partial charge >= 0.3 is 0 Å². The molecule has 0 aliphatic carbocycles. The van der Waals surface area contributed by atoms with E-state index in [2.05, 4.69) is 0 Å². The maximum atomic E-state index is 9.27. The van der Waals surface area contributed by atoms with Crippen molar-refractivity contribution < 1.29 is 8.74 Å². The van der Waals surface area contributed by atoms with Gasteiger partial charge in [0, 0.05) is 11.2 Å². The number of hydrogen-bond acceptors (Lipinski definition) is 2. The maximum Gasteiger partial charge on any atom is 0.0608 e. The lowest BCUT2D eigenvalue weighted by molar-refractivity contribution is 0.406. The van der Waals surface area contributed by atoms with Crippen LogP contribution in [0.4, 0.5) is 0 Å². The zero-order valence-electron chi connectivity index (χ0n) is 4.83. The van der Waals surface area contributed by atoms with Gasteiger partial charge in [-0.3, -0.25) is 8.74 Å². The highest BCUT2D eigenvalue weighted by Gasteiger charge is 2.13. The minimum atomic E-state index is -1.72. The van der Waals surface area contributed by atoms with Gasteiger partial charge in [-0.1, -0.05) is 6.08 Å². The Kier molecular flexibility index (Phi) is 1.60. The molecule has 48 valence electrons. The monoisotopic (exact) mass is 134 g/mol. The van der Waals surface area contributed by atoms with E-state index in [1.165, 1.54) is 0 Å². The molecule has 1 aliphatic heterocycles. The number of allylic oxidation sites excluding steroid dienone is 1. The molecule has 0 aromatic carbocycles. The third-order valence-corrected chi connectivity index (χ3v) is 3.19. The fourth-order valence-corrected chi connectivity index (χ4v) is 1.99. The second-order valence-electron chi connectivity index (χ2n) is 1.72. The van der Waals surface area contributed by atoms with Crippen LogP contribution in [0.15, 0.2) is 11.5 Å². The SMILES string of the molecule is COS1(O)C=CCC1. The predicted molar refractivity (Wildman–Crippen MR) is 35.9 cm³/mol. The van der Waals surface area contributed by atoms with Gasteiger partial charge in [0.15, 0.2) is 0 Å². The fraction of sp³-hybridized carbons (Fsp3) is 0.600. The van der Waals surface area contributed by atoms with E-state index in [-0.39, 0.29) is 0 Å². The van der Waals surface area contributed by atoms with Gasteiger partial charge in [-0.05, 0) is 6.42 Å². The second kappa shape index (κ2) is 2.09. The smallest absolute Gasteiger partial charge is 0.0608 e. The first-order valence-electron chi connectivity index (χ1n) is 2.52. The highest BCUT2D eigenvalue weighted by molar-refractivity contribution is 8.27. The van der Waals surface area contributed by atoms with Crippen molar-refractivity contribution in [1.29, 1.82) is 0 Å². The Hall–Kier alpha value is 0.0100. The quantitative estimate of drug-likeness (QED) is 0.592. The van der Waals surface area contributed by atoms with Crippen LogP contribution in [0, 0.1) is 0 Å². The van der Waals surface area contributed by atoms with Gasteiger partial charge in [0.05, 0.1) is 7.11 Å². The van der Waals surface area contributed by atoms with Gasteiger partial charge in [-0.25, -0.2) is 0 Å². The van der Waals surface area contributed by atoms with Gasteiger partial charge in [-0.15, -0.1) is 0 Å². The summed E-state index contributed by atoms with van der Waals surface area (Å²) in [5.74, 6) is 0.781. The number of hydrogen-bond donors (Lipinski definition) is 1. The van der Waals surface area contributed by atoms with Crippen LogP contribution in [0.2, 0.25) is 0 Å². The summed E-state index contributed by atoms with van der Waals surface area (Å²) in [4.78, 5) is 0. The van der Waals surface area contributed by atoms with E-state index in [1.54, 1.807) is 12.5 Å². The zero-order valence-corrected chi connectivity index (χ0v) is 5.65. The average molecular weight is 134 g/mol. The molecule has 1 N–H and O–H groups in total. The van der Waals surface area contributed by atoms with E-state index in [0.717, 1.165) is 12.2 Å². The molecule has 0 amide bonds. The van der Waals surface area contributed by atoms with E-state index in [4.69, 9.17) is 4.18 Å². The lowest BCUT2D eigenvalue weighted by Gasteiger charge is -2.28. The normalized spacial score (nSPS) is 44.2. The summed E-state index contributed by atoms with van der Waals surface area (Å²) in [6, 6.07) is 0. The van der Waals surface area contributed by atoms with Gasteiger partial charge < -0.3 is 0 Å². The van der Waals surface area contributed by atoms with Crippen LogP contribution in [0.3, 0.4) is 0 Å². The molecule has 1 rings (SSSR count). The molecule has 3 heteroatoms. The molecule has 2 nitrogen and oxygen atoms in total. The largest absolute Gasteiger partial charge is 0.295 e. The molecule has 0 aromatic heterocycles. The van der Waals surface area contributed by atoms with Crippen molar-refractivity contribution in [2.24, 2.45) is 0 Å². The molecule has 1 aliphatic rings. The van der Waals surface area contributed by atoms with Crippen molar-refractivity contribution >= 4 is 10.6 Å². The molecule has 8 heavy (non-hydrogen) atoms. The summed E-state index contributed by atoms with van der Waals surface area (Å²) < 4.78 is 14.1. The molecule has 0 aromatic rings. The van der Waals surface area contributed by atoms with Gasteiger partial charge in [0.25, 0.3) is 0 Å². The standard InChI is InChI=1S/C5H10O2S/c1-7-8(6)4-2-3-5-8/h2,4,6H,3,5H2,1H3. The Labute approximate surface area is 50.9 Å². The lowest BCUT2D eigenvalue weighted by Crippen LogP contribution is -1.96. The summed E-state index contributed by atoms with van der Waals surface area (Å²) in [7, 11) is -0.176. The lowest BCUT2D eigenvalue weighted by atomic mass is 10.5. The summed E-state index contributed by atoms with van der Waals surface area (Å²) in [6.07, 6.45) is 2.92. The highest BCUT2D eigenvalue weighted by Crippen LogP contribution is 2.49. The van der Waals surface area contributed by atoms with E-state index >= 15 is 0 Å². The fourth-order valence-electron chi connectivity index (χ4n) is 0.662. The van der Waals surface area contributed by atoms with E-state index < -0.39 is 10.6 Å². The molecule has 0 saturated heterocycles. The van der Waals surface area contributed by atoms with E-state index in [1.807, 2.05) is 6.08 Å². The van der Waals surface area contributed by atoms with Crippen molar-refractivity contribution in [2.45, 2.75) is 6.42 Å². The molecule has 0 spiro atoms. The Morgan fingerprint density at radius 2 is 2.50 bits per heavy atom. The van der Waals surface area contributed by atoms with Crippen LogP contribution in [-0.4, -0.2) is 17.4 Å². The summed E-state index contributed by atoms with van der Waals surface area (Å²) in [6.45, 7) is 0. The Balaban J connectivity index is 2.54. The van der Waals surface area contributed by atoms with Crippen LogP contribution in [0.1, 0.15) is 6.42 Å². The predicted octanol–water partition coefficient (Wildman–Crippen LogP) is 1.74. The molecule has 0 saturated carbocycles. The van der Waals surface area contributed by atoms with Crippen LogP contribution in [0.5, 0.6) is 0 Å². The second-order valence-corrected chi connectivity index (χ2v) is 4.11. The van der Waals surface area contributed by atoms with Crippen LogP contribution < -0.4 is 0 Å². The van der Waals surface area contributed by atoms with Crippen molar-refractivity contribution in [3.63, 3.8) is 0 Å². The third-order valence-electron chi connectivity index (χ3n) is 1.17. The zero-order chi connectivity index (χ0) is 6.04. The average Bonchev–Trinajstić information content (AvgIpc) is 2.17. The van der Waals surface area contributed by atoms with Crippen molar-refractivity contribution in [3.05, 3.63) is 11.5 Å². The van der Waals surface area contributed by atoms with Gasteiger partial charge in [0.2, 0.25) is 0 Å². The Bertz CT molecular complexity index is 113. The van der Waals surface area contributed by atoms with Crippen LogP contribution in [-0.2, 0) is 4.18 Å². The molecule has 1 unspecified atom stereocenters. The van der Waals surface area contributed by atoms with Crippen LogP contribution in [0.25, 0.3) is 0 Å². The molecule has 0 fully saturated rings. The summed E-state index contributed by atoms with van der Waals surface area (Å²) in [5.41, 5.74) is 0. The molecular formula is C5H10O2S. The van der Waals surface area contributed by atoms with E-state index in [0.29, 0.717) is 0 Å². The minimum absolute atomic E-state index is 0.781. The first kappa shape index (κ1) is 6.13. The maximum absolute atomic E-state index is 9.27. The minimum Gasteiger partial charge on any atom is -0.295 e. The van der Waals surface area contributed by atoms with Crippen molar-refractivity contribution in [1.82, 2.24) is 0 Å². The Morgan fingerprint density at radius 3 is 2.75 bits per heavy atom. The topological polar surface area (TPSA) is 29.5 Å². The Morgan fingerprint density at radius 1 is 1.75 bits per heavy atom. The molecule has 1 heterocycles. The third kappa shape index (κ3) is 1.05. The molecule has 0 bridgehead atoms. The molecule has 1 atom stereocenters.